The van der Waals surface area contributed by atoms with Crippen molar-refractivity contribution in [3.8, 4) is 0 Å². The summed E-state index contributed by atoms with van der Waals surface area (Å²) in [6, 6.07) is 1.47. The summed E-state index contributed by atoms with van der Waals surface area (Å²) in [5, 5.41) is 0. The van der Waals surface area contributed by atoms with Gasteiger partial charge in [-0.05, 0) is 56.6 Å². The molecule has 3 rings (SSSR count). The van der Waals surface area contributed by atoms with E-state index in [1.54, 1.807) is 4.90 Å². The van der Waals surface area contributed by atoms with Crippen molar-refractivity contribution in [2.24, 2.45) is 5.92 Å². The maximum atomic E-state index is 12.8. The summed E-state index contributed by atoms with van der Waals surface area (Å²) >= 11 is 1.46. The van der Waals surface area contributed by atoms with Crippen LogP contribution < -0.4 is 0 Å². The van der Waals surface area contributed by atoms with Crippen LogP contribution >= 0.6 is 11.3 Å². The van der Waals surface area contributed by atoms with Crippen molar-refractivity contribution < 1.29 is 22.7 Å². The predicted molar refractivity (Wildman–Crippen MR) is 109 cm³/mol. The van der Waals surface area contributed by atoms with Crippen LogP contribution in [-0.2, 0) is 32.2 Å². The average Bonchev–Trinajstić information content (AvgIpc) is 3.22. The minimum atomic E-state index is -3.10. The van der Waals surface area contributed by atoms with Crippen LogP contribution in [0.15, 0.2) is 6.07 Å². The van der Waals surface area contributed by atoms with Gasteiger partial charge in [-0.15, -0.1) is 11.3 Å². The molecule has 8 heteroatoms. The Kier molecular flexibility index (Phi) is 6.49. The van der Waals surface area contributed by atoms with Gasteiger partial charge in [0, 0.05) is 17.0 Å². The Morgan fingerprint density at radius 3 is 2.75 bits per heavy atom. The quantitative estimate of drug-likeness (QED) is 0.652. The van der Waals surface area contributed by atoms with E-state index in [0.29, 0.717) is 23.6 Å². The van der Waals surface area contributed by atoms with Gasteiger partial charge in [-0.2, -0.15) is 0 Å². The van der Waals surface area contributed by atoms with Crippen LogP contribution in [0.2, 0.25) is 0 Å². The van der Waals surface area contributed by atoms with E-state index in [4.69, 9.17) is 4.74 Å². The summed E-state index contributed by atoms with van der Waals surface area (Å²) in [5.74, 6) is -0.0634. The third-order valence-electron chi connectivity index (χ3n) is 5.81. The van der Waals surface area contributed by atoms with E-state index in [9.17, 15) is 18.0 Å². The molecular formula is C20H29NO5S2. The molecule has 0 spiro atoms. The van der Waals surface area contributed by atoms with Crippen LogP contribution in [0.3, 0.4) is 0 Å². The maximum absolute atomic E-state index is 12.8. The highest BCUT2D eigenvalue weighted by molar-refractivity contribution is 7.91. The number of fused-ring (bicyclic) bond motifs is 1. The molecule has 1 aliphatic carbocycles. The normalized spacial score (nSPS) is 24.4. The molecule has 2 heterocycles. The van der Waals surface area contributed by atoms with Gasteiger partial charge in [-0.3, -0.25) is 4.79 Å². The predicted octanol–water partition coefficient (Wildman–Crippen LogP) is 2.84. The van der Waals surface area contributed by atoms with Gasteiger partial charge in [-0.1, -0.05) is 13.8 Å². The molecule has 2 aliphatic rings. The number of sulfone groups is 1. The van der Waals surface area contributed by atoms with E-state index < -0.39 is 15.8 Å². The molecule has 0 saturated carbocycles. The van der Waals surface area contributed by atoms with E-state index in [-0.39, 0.29) is 36.1 Å². The molecule has 3 atom stereocenters. The zero-order valence-electron chi connectivity index (χ0n) is 16.8. The molecule has 0 unspecified atom stereocenters. The van der Waals surface area contributed by atoms with Gasteiger partial charge in [0.2, 0.25) is 0 Å². The first-order valence-corrected chi connectivity index (χ1v) is 12.6. The summed E-state index contributed by atoms with van der Waals surface area (Å²) in [5.41, 5.74) is 1.22. The van der Waals surface area contributed by atoms with Gasteiger partial charge in [-0.25, -0.2) is 13.2 Å². The molecule has 1 fully saturated rings. The highest BCUT2D eigenvalue weighted by Crippen LogP contribution is 2.32. The Balaban J connectivity index is 1.63. The van der Waals surface area contributed by atoms with Crippen LogP contribution in [0.4, 0.5) is 0 Å². The molecule has 1 aromatic rings. The number of hydrogen-bond donors (Lipinski definition) is 0. The second kappa shape index (κ2) is 8.53. The first kappa shape index (κ1) is 21.3. The molecule has 28 heavy (non-hydrogen) atoms. The number of amides is 1. The standard InChI is InChI=1S/C20H29NO5S2/c1-4-14(3)21(16-7-8-28(24,25)12-16)19(22)11-26-20(23)18-10-15-9-13(2)5-6-17(15)27-18/h10,13-14,16H,4-9,11-12H2,1-3H3/t13-,14+,16+/m0/s1. The van der Waals surface area contributed by atoms with Crippen molar-refractivity contribution in [3.63, 3.8) is 0 Å². The van der Waals surface area contributed by atoms with Gasteiger partial charge >= 0.3 is 5.97 Å². The van der Waals surface area contributed by atoms with Crippen LogP contribution in [0, 0.1) is 5.92 Å². The van der Waals surface area contributed by atoms with E-state index in [2.05, 4.69) is 6.92 Å². The largest absolute Gasteiger partial charge is 0.451 e. The molecule has 0 aromatic carbocycles. The fourth-order valence-electron chi connectivity index (χ4n) is 4.08. The van der Waals surface area contributed by atoms with E-state index in [1.807, 2.05) is 19.9 Å². The number of rotatable bonds is 6. The lowest BCUT2D eigenvalue weighted by molar-refractivity contribution is -0.138. The number of carbonyl (C=O) groups excluding carboxylic acids is 2. The van der Waals surface area contributed by atoms with Gasteiger partial charge < -0.3 is 9.64 Å². The van der Waals surface area contributed by atoms with Crippen molar-refractivity contribution >= 4 is 33.1 Å². The zero-order chi connectivity index (χ0) is 20.5. The first-order chi connectivity index (χ1) is 13.2. The lowest BCUT2D eigenvalue weighted by Gasteiger charge is -2.33. The molecule has 6 nitrogen and oxygen atoms in total. The number of esters is 1. The highest BCUT2D eigenvalue weighted by Gasteiger charge is 2.36. The van der Waals surface area contributed by atoms with E-state index in [1.165, 1.54) is 21.8 Å². The molecule has 0 radical (unpaired) electrons. The second-order valence-electron chi connectivity index (χ2n) is 8.10. The number of thiophene rings is 1. The number of nitrogens with zero attached hydrogens (tertiary/aromatic N) is 1. The average molecular weight is 428 g/mol. The smallest absolute Gasteiger partial charge is 0.348 e. The lowest BCUT2D eigenvalue weighted by Crippen LogP contribution is -2.48. The van der Waals surface area contributed by atoms with Gasteiger partial charge in [0.1, 0.15) is 4.88 Å². The van der Waals surface area contributed by atoms with Crippen molar-refractivity contribution in [1.29, 1.82) is 0 Å². The fourth-order valence-corrected chi connectivity index (χ4v) is 6.89. The topological polar surface area (TPSA) is 80.8 Å². The van der Waals surface area contributed by atoms with Crippen molar-refractivity contribution in [2.45, 2.75) is 65.0 Å². The highest BCUT2D eigenvalue weighted by atomic mass is 32.2. The van der Waals surface area contributed by atoms with Crippen molar-refractivity contribution in [2.75, 3.05) is 18.1 Å². The van der Waals surface area contributed by atoms with E-state index >= 15 is 0 Å². The maximum Gasteiger partial charge on any atom is 0.348 e. The first-order valence-electron chi connectivity index (χ1n) is 10.0. The van der Waals surface area contributed by atoms with Crippen molar-refractivity contribution in [1.82, 2.24) is 4.90 Å². The number of hydrogen-bond acceptors (Lipinski definition) is 6. The SMILES string of the molecule is CC[C@@H](C)N(C(=O)COC(=O)c1cc2c(s1)CC[C@H](C)C2)[C@@H]1CCS(=O)(=O)C1. The summed E-state index contributed by atoms with van der Waals surface area (Å²) in [6.07, 6.45) is 4.27. The minimum absolute atomic E-state index is 0.00709. The Morgan fingerprint density at radius 1 is 1.36 bits per heavy atom. The van der Waals surface area contributed by atoms with Crippen molar-refractivity contribution in [3.05, 3.63) is 21.4 Å². The van der Waals surface area contributed by atoms with Crippen LogP contribution in [0.25, 0.3) is 0 Å². The number of carbonyl (C=O) groups is 2. The van der Waals surface area contributed by atoms with Gasteiger partial charge in [0.25, 0.3) is 5.91 Å². The Bertz CT molecular complexity index is 845. The van der Waals surface area contributed by atoms with Crippen LogP contribution in [-0.4, -0.2) is 55.4 Å². The molecule has 156 valence electrons. The second-order valence-corrected chi connectivity index (χ2v) is 11.5. The monoisotopic (exact) mass is 427 g/mol. The molecule has 1 amide bonds. The van der Waals surface area contributed by atoms with Crippen LogP contribution in [0.5, 0.6) is 0 Å². The third kappa shape index (κ3) is 4.76. The molecular weight excluding hydrogens is 398 g/mol. The zero-order valence-corrected chi connectivity index (χ0v) is 18.4. The summed E-state index contributed by atoms with van der Waals surface area (Å²) in [6.45, 7) is 5.72. The fraction of sp³-hybridized carbons (Fsp3) is 0.700. The summed E-state index contributed by atoms with van der Waals surface area (Å²) in [7, 11) is -3.10. The van der Waals surface area contributed by atoms with Gasteiger partial charge in [0.15, 0.2) is 16.4 Å². The summed E-state index contributed by atoms with van der Waals surface area (Å²) in [4.78, 5) is 28.6. The Morgan fingerprint density at radius 2 is 2.11 bits per heavy atom. The number of ether oxygens (including phenoxy) is 1. The molecule has 1 saturated heterocycles. The molecule has 0 bridgehead atoms. The third-order valence-corrected chi connectivity index (χ3v) is 8.78. The Hall–Kier alpha value is -1.41. The van der Waals surface area contributed by atoms with Crippen LogP contribution in [0.1, 0.15) is 60.1 Å². The van der Waals surface area contributed by atoms with Gasteiger partial charge in [0.05, 0.1) is 11.5 Å². The molecule has 0 N–H and O–H groups in total. The summed E-state index contributed by atoms with van der Waals surface area (Å²) < 4.78 is 29.0. The minimum Gasteiger partial charge on any atom is -0.451 e. The molecule has 1 aliphatic heterocycles. The van der Waals surface area contributed by atoms with E-state index in [0.717, 1.165) is 19.3 Å². The lowest BCUT2D eigenvalue weighted by atomic mass is 9.90. The molecule has 1 aromatic heterocycles. The number of aryl methyl sites for hydroxylation is 1. The Labute approximate surface area is 171 Å².